The number of aromatic nitrogens is 2. The maximum atomic E-state index is 12.7. The van der Waals surface area contributed by atoms with Gasteiger partial charge in [0.25, 0.3) is 5.91 Å². The van der Waals surface area contributed by atoms with Crippen molar-refractivity contribution >= 4 is 28.9 Å². The highest BCUT2D eigenvalue weighted by Gasteiger charge is 2.17. The zero-order chi connectivity index (χ0) is 19.3. The molecule has 1 aromatic carbocycles. The monoisotopic (exact) mass is 353 g/mol. The summed E-state index contributed by atoms with van der Waals surface area (Å²) >= 11 is 0. The highest BCUT2D eigenvalue weighted by atomic mass is 16.2. The molecule has 7 heteroatoms. The van der Waals surface area contributed by atoms with Crippen molar-refractivity contribution in [3.05, 3.63) is 47.2 Å². The first-order chi connectivity index (χ1) is 12.3. The van der Waals surface area contributed by atoms with Gasteiger partial charge in [0.1, 0.15) is 11.6 Å². The number of amides is 2. The lowest BCUT2D eigenvalue weighted by molar-refractivity contribution is -0.126. The lowest BCUT2D eigenvalue weighted by Crippen LogP contribution is -2.30. The Hall–Kier alpha value is -3.09. The number of fused-ring (bicyclic) bond motifs is 1. The van der Waals surface area contributed by atoms with E-state index in [-0.39, 0.29) is 18.3 Å². The van der Waals surface area contributed by atoms with Crippen LogP contribution in [0.1, 0.15) is 32.3 Å². The van der Waals surface area contributed by atoms with Crippen LogP contribution in [0.4, 0.5) is 0 Å². The molecule has 1 N–H and O–H groups in total. The number of hydrogen-bond acceptors (Lipinski definition) is 5. The summed E-state index contributed by atoms with van der Waals surface area (Å²) in [5.74, 6) is 0.547. The van der Waals surface area contributed by atoms with Crippen molar-refractivity contribution in [3.8, 4) is 0 Å². The summed E-state index contributed by atoms with van der Waals surface area (Å²) in [6, 6.07) is 7.76. The van der Waals surface area contributed by atoms with Crippen LogP contribution in [0.5, 0.6) is 0 Å². The third-order valence-corrected chi connectivity index (χ3v) is 3.77. The van der Waals surface area contributed by atoms with Gasteiger partial charge in [-0.1, -0.05) is 18.2 Å². The minimum Gasteiger partial charge on any atom is -0.334 e. The number of carbonyl (C=O) groups excluding carboxylic acids is 2. The number of rotatable bonds is 6. The molecule has 26 heavy (non-hydrogen) atoms. The molecular formula is C19H23N5O2. The fourth-order valence-corrected chi connectivity index (χ4v) is 2.54. The molecule has 0 aliphatic heterocycles. The third kappa shape index (κ3) is 4.50. The van der Waals surface area contributed by atoms with Crippen LogP contribution in [0.25, 0.3) is 10.9 Å². The minimum absolute atomic E-state index is 0.243. The molecule has 0 aliphatic carbocycles. The Morgan fingerprint density at radius 3 is 2.58 bits per heavy atom. The number of carbonyl (C=O) groups is 2. The van der Waals surface area contributed by atoms with Gasteiger partial charge in [0, 0.05) is 23.8 Å². The van der Waals surface area contributed by atoms with Crippen LogP contribution < -0.4 is 5.32 Å². The van der Waals surface area contributed by atoms with Crippen molar-refractivity contribution in [2.45, 2.75) is 34.2 Å². The summed E-state index contributed by atoms with van der Waals surface area (Å²) in [4.78, 5) is 38.2. The van der Waals surface area contributed by atoms with Crippen molar-refractivity contribution in [1.82, 2.24) is 20.2 Å². The van der Waals surface area contributed by atoms with Crippen LogP contribution in [-0.2, 0) is 16.1 Å². The maximum absolute atomic E-state index is 12.7. The number of aliphatic imine (C=N–C) groups is 1. The number of para-hydroxylation sites is 1. The molecule has 0 atom stereocenters. The lowest BCUT2D eigenvalue weighted by atomic mass is 10.2. The summed E-state index contributed by atoms with van der Waals surface area (Å²) in [5.41, 5.74) is 2.79. The van der Waals surface area contributed by atoms with Crippen LogP contribution in [0.3, 0.4) is 0 Å². The molecule has 7 nitrogen and oxygen atoms in total. The molecule has 0 fully saturated rings. The van der Waals surface area contributed by atoms with Gasteiger partial charge in [0.2, 0.25) is 6.41 Å². The Balaban J connectivity index is 2.28. The van der Waals surface area contributed by atoms with Gasteiger partial charge in [-0.2, -0.15) is 0 Å². The minimum atomic E-state index is -0.256. The average Bonchev–Trinajstić information content (AvgIpc) is 2.59. The van der Waals surface area contributed by atoms with Gasteiger partial charge in [0.15, 0.2) is 0 Å². The van der Waals surface area contributed by atoms with Crippen molar-refractivity contribution in [2.75, 3.05) is 7.05 Å². The fraction of sp³-hybridized carbons (Fsp3) is 0.316. The third-order valence-electron chi connectivity index (χ3n) is 3.77. The van der Waals surface area contributed by atoms with E-state index in [0.29, 0.717) is 17.8 Å². The van der Waals surface area contributed by atoms with Crippen LogP contribution in [0, 0.1) is 6.92 Å². The Morgan fingerprint density at radius 1 is 1.23 bits per heavy atom. The Labute approximate surface area is 152 Å². The average molecular weight is 353 g/mol. The first-order valence-electron chi connectivity index (χ1n) is 8.24. The van der Waals surface area contributed by atoms with Gasteiger partial charge in [-0.05, 0) is 33.8 Å². The zero-order valence-electron chi connectivity index (χ0n) is 15.7. The van der Waals surface area contributed by atoms with E-state index in [1.165, 1.54) is 4.90 Å². The number of likely N-dealkylation sites (N-methyl/N-ethyl adjacent to an activating group) is 1. The van der Waals surface area contributed by atoms with E-state index in [0.717, 1.165) is 22.3 Å². The second-order valence-corrected chi connectivity index (χ2v) is 6.20. The number of nitrogens with zero attached hydrogens (tertiary/aromatic N) is 4. The summed E-state index contributed by atoms with van der Waals surface area (Å²) in [6.45, 7) is 7.39. The summed E-state index contributed by atoms with van der Waals surface area (Å²) in [6.07, 6.45) is 0.508. The Bertz CT molecular complexity index is 898. The number of benzene rings is 1. The normalized spacial score (nSPS) is 11.6. The van der Waals surface area contributed by atoms with Crippen LogP contribution >= 0.6 is 0 Å². The van der Waals surface area contributed by atoms with Gasteiger partial charge < -0.3 is 10.2 Å². The molecule has 0 saturated heterocycles. The van der Waals surface area contributed by atoms with Crippen LogP contribution in [0.15, 0.2) is 40.7 Å². The maximum Gasteiger partial charge on any atom is 0.253 e. The topological polar surface area (TPSA) is 87.5 Å². The van der Waals surface area contributed by atoms with Crippen molar-refractivity contribution in [1.29, 1.82) is 0 Å². The number of nitrogens with one attached hydrogen (secondary N) is 1. The van der Waals surface area contributed by atoms with Gasteiger partial charge in [-0.25, -0.2) is 15.0 Å². The van der Waals surface area contributed by atoms with E-state index < -0.39 is 0 Å². The Kier molecular flexibility index (Phi) is 6.16. The zero-order valence-corrected chi connectivity index (χ0v) is 15.7. The van der Waals surface area contributed by atoms with Crippen molar-refractivity contribution in [3.63, 3.8) is 0 Å². The molecule has 0 aliphatic rings. The van der Waals surface area contributed by atoms with Crippen molar-refractivity contribution in [2.24, 2.45) is 4.99 Å². The SMILES string of the molecule is CC(C)=N/C(NC=O)=C(\C)C(=O)N(C)Cc1nc(C)c2ccccc2n1. The summed E-state index contributed by atoms with van der Waals surface area (Å²) < 4.78 is 0. The highest BCUT2D eigenvalue weighted by molar-refractivity contribution is 5.94. The van der Waals surface area contributed by atoms with E-state index in [4.69, 9.17) is 0 Å². The molecule has 0 saturated carbocycles. The predicted molar refractivity (Wildman–Crippen MR) is 101 cm³/mol. The number of hydrogen-bond donors (Lipinski definition) is 1. The van der Waals surface area contributed by atoms with E-state index in [1.54, 1.807) is 27.8 Å². The second-order valence-electron chi connectivity index (χ2n) is 6.20. The van der Waals surface area contributed by atoms with Gasteiger partial charge >= 0.3 is 0 Å². The van der Waals surface area contributed by atoms with Crippen LogP contribution in [-0.4, -0.2) is 39.9 Å². The highest BCUT2D eigenvalue weighted by Crippen LogP contribution is 2.16. The molecule has 1 heterocycles. The largest absolute Gasteiger partial charge is 0.334 e. The standard InChI is InChI=1S/C19H23N5O2/c1-12(2)21-18(20-11-25)13(3)19(26)24(5)10-17-22-14(4)15-8-6-7-9-16(15)23-17/h6-9,11H,10H2,1-5H3,(H,20,25)/b18-13+. The lowest BCUT2D eigenvalue weighted by Gasteiger charge is -2.18. The first kappa shape index (κ1) is 19.2. The molecule has 2 rings (SSSR count). The first-order valence-corrected chi connectivity index (χ1v) is 8.24. The molecule has 1 aromatic heterocycles. The second kappa shape index (κ2) is 8.33. The smallest absolute Gasteiger partial charge is 0.253 e. The molecular weight excluding hydrogens is 330 g/mol. The van der Waals surface area contributed by atoms with Gasteiger partial charge in [0.05, 0.1) is 17.6 Å². The molecule has 0 radical (unpaired) electrons. The van der Waals surface area contributed by atoms with Crippen LogP contribution in [0.2, 0.25) is 0 Å². The summed E-state index contributed by atoms with van der Waals surface area (Å²) in [5, 5.41) is 3.47. The fourth-order valence-electron chi connectivity index (χ4n) is 2.54. The molecule has 2 amide bonds. The Morgan fingerprint density at radius 2 is 1.92 bits per heavy atom. The molecule has 136 valence electrons. The van der Waals surface area contributed by atoms with E-state index in [2.05, 4.69) is 20.3 Å². The molecule has 2 aromatic rings. The predicted octanol–water partition coefficient (Wildman–Crippen LogP) is 2.35. The molecule has 0 unspecified atom stereocenters. The van der Waals surface area contributed by atoms with Gasteiger partial charge in [-0.15, -0.1) is 0 Å². The van der Waals surface area contributed by atoms with E-state index in [1.807, 2.05) is 31.2 Å². The number of aryl methyl sites for hydroxylation is 1. The van der Waals surface area contributed by atoms with Crippen molar-refractivity contribution < 1.29 is 9.59 Å². The molecule has 0 bridgehead atoms. The molecule has 0 spiro atoms. The van der Waals surface area contributed by atoms with Gasteiger partial charge in [-0.3, -0.25) is 9.59 Å². The van der Waals surface area contributed by atoms with E-state index >= 15 is 0 Å². The quantitative estimate of drug-likeness (QED) is 0.490. The van der Waals surface area contributed by atoms with E-state index in [9.17, 15) is 9.59 Å². The summed E-state index contributed by atoms with van der Waals surface area (Å²) in [7, 11) is 1.67.